The van der Waals surface area contributed by atoms with Crippen molar-refractivity contribution in [2.45, 2.75) is 56.9 Å². The second kappa shape index (κ2) is 9.51. The van der Waals surface area contributed by atoms with Gasteiger partial charge in [0, 0.05) is 30.1 Å². The van der Waals surface area contributed by atoms with Gasteiger partial charge in [-0.3, -0.25) is 4.57 Å². The molecular formula is C21H28FN3OS. The SMILES string of the molecule is CCN(CC)CCn1c2c(c(SCc3ccccc3F)nc1=O)CCCC2. The van der Waals surface area contributed by atoms with Crippen molar-refractivity contribution >= 4 is 11.8 Å². The maximum atomic E-state index is 13.9. The molecule has 0 unspecified atom stereocenters. The van der Waals surface area contributed by atoms with Crippen LogP contribution in [0.15, 0.2) is 34.1 Å². The van der Waals surface area contributed by atoms with Gasteiger partial charge in [-0.05, 0) is 50.4 Å². The summed E-state index contributed by atoms with van der Waals surface area (Å²) in [6, 6.07) is 6.80. The Morgan fingerprint density at radius 2 is 1.93 bits per heavy atom. The lowest BCUT2D eigenvalue weighted by Gasteiger charge is -2.25. The lowest BCUT2D eigenvalue weighted by atomic mass is 9.97. The van der Waals surface area contributed by atoms with E-state index >= 15 is 0 Å². The molecule has 1 heterocycles. The van der Waals surface area contributed by atoms with E-state index in [1.165, 1.54) is 23.4 Å². The van der Waals surface area contributed by atoms with Crippen molar-refractivity contribution < 1.29 is 4.39 Å². The molecule has 1 aliphatic carbocycles. The first kappa shape index (κ1) is 20.1. The number of hydrogen-bond donors (Lipinski definition) is 0. The number of rotatable bonds is 8. The second-order valence-electron chi connectivity index (χ2n) is 6.89. The summed E-state index contributed by atoms with van der Waals surface area (Å²) in [5.41, 5.74) is 2.82. The van der Waals surface area contributed by atoms with Crippen molar-refractivity contribution in [1.82, 2.24) is 14.5 Å². The van der Waals surface area contributed by atoms with Crippen molar-refractivity contribution in [3.8, 4) is 0 Å². The van der Waals surface area contributed by atoms with Crippen LogP contribution in [0.3, 0.4) is 0 Å². The molecule has 27 heavy (non-hydrogen) atoms. The number of nitrogens with zero attached hydrogens (tertiary/aromatic N) is 3. The van der Waals surface area contributed by atoms with E-state index in [0.29, 0.717) is 17.9 Å². The molecule has 0 saturated heterocycles. The Kier molecular flexibility index (Phi) is 7.07. The Morgan fingerprint density at radius 1 is 1.19 bits per heavy atom. The van der Waals surface area contributed by atoms with Gasteiger partial charge < -0.3 is 4.90 Å². The normalized spacial score (nSPS) is 13.8. The molecule has 0 fully saturated rings. The Balaban J connectivity index is 1.84. The quantitative estimate of drug-likeness (QED) is 0.507. The van der Waals surface area contributed by atoms with Gasteiger partial charge in [0.2, 0.25) is 0 Å². The maximum absolute atomic E-state index is 13.9. The van der Waals surface area contributed by atoms with Gasteiger partial charge in [-0.25, -0.2) is 9.18 Å². The van der Waals surface area contributed by atoms with Gasteiger partial charge in [0.25, 0.3) is 0 Å². The van der Waals surface area contributed by atoms with Crippen LogP contribution in [-0.2, 0) is 25.1 Å². The highest BCUT2D eigenvalue weighted by molar-refractivity contribution is 7.98. The van der Waals surface area contributed by atoms with E-state index in [2.05, 4.69) is 23.7 Å². The zero-order valence-electron chi connectivity index (χ0n) is 16.2. The lowest BCUT2D eigenvalue weighted by molar-refractivity contribution is 0.285. The molecule has 1 aromatic heterocycles. The summed E-state index contributed by atoms with van der Waals surface area (Å²) in [4.78, 5) is 19.4. The molecule has 2 aromatic rings. The molecule has 1 aromatic carbocycles. The molecule has 0 radical (unpaired) electrons. The molecule has 0 atom stereocenters. The van der Waals surface area contributed by atoms with Crippen LogP contribution in [0.5, 0.6) is 0 Å². The average molecular weight is 390 g/mol. The predicted molar refractivity (Wildman–Crippen MR) is 109 cm³/mol. The topological polar surface area (TPSA) is 38.1 Å². The second-order valence-corrected chi connectivity index (χ2v) is 7.85. The minimum atomic E-state index is -0.202. The van der Waals surface area contributed by atoms with Crippen LogP contribution in [0.2, 0.25) is 0 Å². The molecule has 146 valence electrons. The number of hydrogen-bond acceptors (Lipinski definition) is 4. The van der Waals surface area contributed by atoms with Crippen LogP contribution >= 0.6 is 11.8 Å². The highest BCUT2D eigenvalue weighted by atomic mass is 32.2. The van der Waals surface area contributed by atoms with Crippen molar-refractivity contribution in [1.29, 1.82) is 0 Å². The van der Waals surface area contributed by atoms with Crippen molar-refractivity contribution in [3.63, 3.8) is 0 Å². The molecule has 0 aliphatic heterocycles. The molecule has 0 bridgehead atoms. The molecule has 0 spiro atoms. The first-order chi connectivity index (χ1) is 13.1. The van der Waals surface area contributed by atoms with Crippen LogP contribution in [-0.4, -0.2) is 34.1 Å². The first-order valence-corrected chi connectivity index (χ1v) is 10.8. The van der Waals surface area contributed by atoms with Gasteiger partial charge in [-0.15, -0.1) is 11.8 Å². The van der Waals surface area contributed by atoms with Crippen LogP contribution in [0.1, 0.15) is 43.5 Å². The highest BCUT2D eigenvalue weighted by Crippen LogP contribution is 2.30. The molecule has 1 aliphatic rings. The Bertz CT molecular complexity index is 833. The molecule has 0 amide bonds. The standard InChI is InChI=1S/C21H28FN3OS/c1-3-24(4-2)13-14-25-19-12-8-6-10-17(19)20(23-21(25)26)27-15-16-9-5-7-11-18(16)22/h5,7,9,11H,3-4,6,8,10,12-15H2,1-2H3. The number of aromatic nitrogens is 2. The van der Waals surface area contributed by atoms with Gasteiger partial charge in [-0.1, -0.05) is 32.0 Å². The van der Waals surface area contributed by atoms with Crippen LogP contribution in [0, 0.1) is 5.82 Å². The average Bonchev–Trinajstić information content (AvgIpc) is 2.69. The third kappa shape index (κ3) is 4.79. The smallest absolute Gasteiger partial charge is 0.302 e. The summed E-state index contributed by atoms with van der Waals surface area (Å²) < 4.78 is 15.8. The summed E-state index contributed by atoms with van der Waals surface area (Å²) >= 11 is 1.48. The monoisotopic (exact) mass is 389 g/mol. The van der Waals surface area contributed by atoms with Crippen LogP contribution < -0.4 is 5.69 Å². The highest BCUT2D eigenvalue weighted by Gasteiger charge is 2.21. The van der Waals surface area contributed by atoms with Gasteiger partial charge >= 0.3 is 5.69 Å². The Labute approximate surface area is 164 Å². The largest absolute Gasteiger partial charge is 0.348 e. The molecule has 6 heteroatoms. The summed E-state index contributed by atoms with van der Waals surface area (Å²) in [6.07, 6.45) is 4.11. The third-order valence-electron chi connectivity index (χ3n) is 5.31. The summed E-state index contributed by atoms with van der Waals surface area (Å²) in [7, 11) is 0. The minimum absolute atomic E-state index is 0.168. The summed E-state index contributed by atoms with van der Waals surface area (Å²) in [5.74, 6) is 0.293. The molecule has 3 rings (SSSR count). The summed E-state index contributed by atoms with van der Waals surface area (Å²) in [6.45, 7) is 7.80. The third-order valence-corrected chi connectivity index (χ3v) is 6.37. The van der Waals surface area contributed by atoms with E-state index in [0.717, 1.165) is 56.0 Å². The van der Waals surface area contributed by atoms with Crippen LogP contribution in [0.4, 0.5) is 4.39 Å². The molecular weight excluding hydrogens is 361 g/mol. The number of likely N-dealkylation sites (N-methyl/N-ethyl adjacent to an activating group) is 1. The number of benzene rings is 1. The number of halogens is 1. The Morgan fingerprint density at radius 3 is 2.67 bits per heavy atom. The fourth-order valence-corrected chi connectivity index (χ4v) is 4.70. The fraction of sp³-hybridized carbons (Fsp3) is 0.524. The lowest BCUT2D eigenvalue weighted by Crippen LogP contribution is -2.35. The van der Waals surface area contributed by atoms with E-state index in [4.69, 9.17) is 0 Å². The van der Waals surface area contributed by atoms with E-state index in [1.54, 1.807) is 12.1 Å². The molecule has 0 saturated carbocycles. The maximum Gasteiger partial charge on any atom is 0.348 e. The number of fused-ring (bicyclic) bond motifs is 1. The van der Waals surface area contributed by atoms with Crippen molar-refractivity contribution in [2.75, 3.05) is 19.6 Å². The zero-order valence-corrected chi connectivity index (χ0v) is 17.0. The zero-order chi connectivity index (χ0) is 19.2. The van der Waals surface area contributed by atoms with E-state index in [-0.39, 0.29) is 11.5 Å². The Hall–Kier alpha value is -1.66. The van der Waals surface area contributed by atoms with Crippen LogP contribution in [0.25, 0.3) is 0 Å². The first-order valence-electron chi connectivity index (χ1n) is 9.85. The molecule has 4 nitrogen and oxygen atoms in total. The minimum Gasteiger partial charge on any atom is -0.302 e. The summed E-state index contributed by atoms with van der Waals surface area (Å²) in [5, 5.41) is 0.789. The number of thioether (sulfide) groups is 1. The van der Waals surface area contributed by atoms with Gasteiger partial charge in [0.1, 0.15) is 10.8 Å². The fourth-order valence-electron chi connectivity index (χ4n) is 3.64. The van der Waals surface area contributed by atoms with Crippen molar-refractivity contribution in [2.24, 2.45) is 0 Å². The van der Waals surface area contributed by atoms with Crippen molar-refractivity contribution in [3.05, 3.63) is 57.4 Å². The predicted octanol–water partition coefficient (Wildman–Crippen LogP) is 3.90. The van der Waals surface area contributed by atoms with Gasteiger partial charge in [0.15, 0.2) is 0 Å². The van der Waals surface area contributed by atoms with E-state index < -0.39 is 0 Å². The van der Waals surface area contributed by atoms with Gasteiger partial charge in [0.05, 0.1) is 0 Å². The molecule has 0 N–H and O–H groups in total. The van der Waals surface area contributed by atoms with Gasteiger partial charge in [-0.2, -0.15) is 4.98 Å². The van der Waals surface area contributed by atoms with E-state index in [9.17, 15) is 9.18 Å². The van der Waals surface area contributed by atoms with E-state index in [1.807, 2.05) is 10.6 Å².